The van der Waals surface area contributed by atoms with E-state index >= 15 is 0 Å². The summed E-state index contributed by atoms with van der Waals surface area (Å²) in [7, 11) is 0. The van der Waals surface area contributed by atoms with Crippen molar-refractivity contribution in [2.75, 3.05) is 0 Å². The van der Waals surface area contributed by atoms with Crippen molar-refractivity contribution in [3.05, 3.63) is 96.1 Å². The number of hydrogen-bond donors (Lipinski definition) is 0. The van der Waals surface area contributed by atoms with E-state index in [2.05, 4.69) is 18.2 Å². The molecular weight excluding hydrogens is 280 g/mol. The maximum Gasteiger partial charge on any atom is 0.167 e. The fourth-order valence-electron chi connectivity index (χ4n) is 3.16. The summed E-state index contributed by atoms with van der Waals surface area (Å²) in [6.45, 7) is 0. The normalized spacial score (nSPS) is 11.0. The molecule has 0 aliphatic rings. The van der Waals surface area contributed by atoms with E-state index in [1.165, 1.54) is 5.39 Å². The predicted octanol–water partition coefficient (Wildman–Crippen LogP) is 5.42. The summed E-state index contributed by atoms with van der Waals surface area (Å²) in [6.07, 6.45) is 0.434. The van der Waals surface area contributed by atoms with Crippen LogP contribution < -0.4 is 0 Å². The van der Waals surface area contributed by atoms with Gasteiger partial charge in [-0.2, -0.15) is 0 Å². The number of carbonyl (C=O) groups is 1. The first-order valence-corrected chi connectivity index (χ1v) is 7.80. The van der Waals surface area contributed by atoms with Gasteiger partial charge < -0.3 is 0 Å². The lowest BCUT2D eigenvalue weighted by atomic mass is 9.93. The molecule has 110 valence electrons. The number of rotatable bonds is 3. The van der Waals surface area contributed by atoms with Crippen molar-refractivity contribution in [3.8, 4) is 0 Å². The fourth-order valence-corrected chi connectivity index (χ4v) is 3.16. The molecule has 0 heterocycles. The molecule has 0 fully saturated rings. The number of hydrogen-bond acceptors (Lipinski definition) is 1. The largest absolute Gasteiger partial charge is 0.294 e. The van der Waals surface area contributed by atoms with Crippen molar-refractivity contribution < 1.29 is 4.79 Å². The molecule has 0 aliphatic heterocycles. The summed E-state index contributed by atoms with van der Waals surface area (Å²) in [5, 5.41) is 4.48. The minimum atomic E-state index is 0.165. The third-order valence-corrected chi connectivity index (χ3v) is 4.28. The lowest BCUT2D eigenvalue weighted by molar-refractivity contribution is 0.0994. The van der Waals surface area contributed by atoms with Crippen LogP contribution in [0.2, 0.25) is 0 Å². The lowest BCUT2D eigenvalue weighted by Gasteiger charge is -2.10. The van der Waals surface area contributed by atoms with E-state index < -0.39 is 0 Å². The third-order valence-electron chi connectivity index (χ3n) is 4.28. The molecule has 0 amide bonds. The van der Waals surface area contributed by atoms with Gasteiger partial charge in [-0.15, -0.1) is 0 Å². The Balaban J connectivity index is 1.89. The van der Waals surface area contributed by atoms with E-state index in [0.29, 0.717) is 6.42 Å². The van der Waals surface area contributed by atoms with Crippen LogP contribution in [-0.2, 0) is 6.42 Å². The molecule has 0 aromatic heterocycles. The van der Waals surface area contributed by atoms with Gasteiger partial charge in [0, 0.05) is 12.0 Å². The summed E-state index contributed by atoms with van der Waals surface area (Å²) in [4.78, 5) is 12.9. The number of benzene rings is 4. The Morgan fingerprint density at radius 3 is 2.04 bits per heavy atom. The van der Waals surface area contributed by atoms with Crippen LogP contribution >= 0.6 is 0 Å². The molecule has 0 bridgehead atoms. The van der Waals surface area contributed by atoms with Gasteiger partial charge in [0.15, 0.2) is 5.78 Å². The summed E-state index contributed by atoms with van der Waals surface area (Å²) < 4.78 is 0. The van der Waals surface area contributed by atoms with Crippen LogP contribution in [0.4, 0.5) is 0 Å². The van der Waals surface area contributed by atoms with Gasteiger partial charge >= 0.3 is 0 Å². The van der Waals surface area contributed by atoms with Crippen molar-refractivity contribution in [3.63, 3.8) is 0 Å². The molecule has 0 spiro atoms. The van der Waals surface area contributed by atoms with Crippen molar-refractivity contribution >= 4 is 27.3 Å². The predicted molar refractivity (Wildman–Crippen MR) is 95.9 cm³/mol. The quantitative estimate of drug-likeness (QED) is 0.364. The first kappa shape index (κ1) is 13.7. The van der Waals surface area contributed by atoms with E-state index in [4.69, 9.17) is 0 Å². The maximum atomic E-state index is 12.9. The van der Waals surface area contributed by atoms with Crippen LogP contribution in [-0.4, -0.2) is 5.78 Å². The van der Waals surface area contributed by atoms with Gasteiger partial charge in [-0.05, 0) is 33.2 Å². The van der Waals surface area contributed by atoms with Gasteiger partial charge in [-0.25, -0.2) is 0 Å². The Labute approximate surface area is 135 Å². The van der Waals surface area contributed by atoms with Crippen LogP contribution in [0.5, 0.6) is 0 Å². The molecule has 0 aliphatic carbocycles. The minimum absolute atomic E-state index is 0.165. The van der Waals surface area contributed by atoms with Crippen molar-refractivity contribution in [2.45, 2.75) is 6.42 Å². The van der Waals surface area contributed by atoms with Crippen LogP contribution in [0.1, 0.15) is 15.9 Å². The average Bonchev–Trinajstić information content (AvgIpc) is 2.62. The second kappa shape index (κ2) is 5.69. The Bertz CT molecular complexity index is 1000. The zero-order chi connectivity index (χ0) is 15.6. The van der Waals surface area contributed by atoms with Gasteiger partial charge in [0.25, 0.3) is 0 Å². The molecule has 0 N–H and O–H groups in total. The van der Waals surface area contributed by atoms with E-state index in [1.807, 2.05) is 66.7 Å². The van der Waals surface area contributed by atoms with E-state index in [0.717, 1.165) is 27.3 Å². The number of fused-ring (bicyclic) bond motifs is 3. The van der Waals surface area contributed by atoms with Gasteiger partial charge in [-0.1, -0.05) is 78.9 Å². The van der Waals surface area contributed by atoms with Crippen molar-refractivity contribution in [1.29, 1.82) is 0 Å². The topological polar surface area (TPSA) is 17.1 Å². The molecule has 0 atom stereocenters. The van der Waals surface area contributed by atoms with Gasteiger partial charge in [0.2, 0.25) is 0 Å². The van der Waals surface area contributed by atoms with Crippen LogP contribution in [0.3, 0.4) is 0 Å². The Kier molecular flexibility index (Phi) is 3.39. The molecule has 0 saturated heterocycles. The van der Waals surface area contributed by atoms with E-state index in [9.17, 15) is 4.79 Å². The molecular formula is C22H16O. The first-order valence-electron chi connectivity index (χ1n) is 7.80. The Hall–Kier alpha value is -2.93. The van der Waals surface area contributed by atoms with Crippen LogP contribution in [0, 0.1) is 0 Å². The van der Waals surface area contributed by atoms with Gasteiger partial charge in [0.05, 0.1) is 0 Å². The zero-order valence-electron chi connectivity index (χ0n) is 12.7. The van der Waals surface area contributed by atoms with Crippen molar-refractivity contribution in [1.82, 2.24) is 0 Å². The van der Waals surface area contributed by atoms with E-state index in [1.54, 1.807) is 0 Å². The summed E-state index contributed by atoms with van der Waals surface area (Å²) in [6, 6.07) is 28.4. The number of carbonyl (C=O) groups excluding carboxylic acids is 1. The fraction of sp³-hybridized carbons (Fsp3) is 0.0455. The van der Waals surface area contributed by atoms with Gasteiger partial charge in [-0.3, -0.25) is 4.79 Å². The molecule has 4 rings (SSSR count). The first-order chi connectivity index (χ1) is 11.3. The van der Waals surface area contributed by atoms with E-state index in [-0.39, 0.29) is 5.78 Å². The number of Topliss-reactive ketones (excluding diaryl/α,β-unsaturated/α-hetero) is 1. The average molecular weight is 296 g/mol. The lowest BCUT2D eigenvalue weighted by Crippen LogP contribution is -2.04. The molecule has 0 radical (unpaired) electrons. The molecule has 1 nitrogen and oxygen atoms in total. The molecule has 0 unspecified atom stereocenters. The molecule has 0 saturated carbocycles. The monoisotopic (exact) mass is 296 g/mol. The molecule has 4 aromatic carbocycles. The van der Waals surface area contributed by atoms with Crippen LogP contribution in [0.25, 0.3) is 21.5 Å². The molecule has 23 heavy (non-hydrogen) atoms. The highest BCUT2D eigenvalue weighted by Gasteiger charge is 2.13. The smallest absolute Gasteiger partial charge is 0.167 e. The summed E-state index contributed by atoms with van der Waals surface area (Å²) in [5.41, 5.74) is 1.86. The highest BCUT2D eigenvalue weighted by molar-refractivity contribution is 6.17. The third kappa shape index (κ3) is 2.51. The minimum Gasteiger partial charge on any atom is -0.294 e. The maximum absolute atomic E-state index is 12.9. The van der Waals surface area contributed by atoms with Crippen LogP contribution in [0.15, 0.2) is 84.9 Å². The SMILES string of the molecule is O=C(Cc1ccccc1)c1cc2ccccc2c2ccccc12. The van der Waals surface area contributed by atoms with Crippen molar-refractivity contribution in [2.24, 2.45) is 0 Å². The summed E-state index contributed by atoms with van der Waals surface area (Å²) >= 11 is 0. The molecule has 4 aromatic rings. The summed E-state index contributed by atoms with van der Waals surface area (Å²) in [5.74, 6) is 0.165. The number of ketones is 1. The Morgan fingerprint density at radius 1 is 0.652 bits per heavy atom. The van der Waals surface area contributed by atoms with Gasteiger partial charge in [0.1, 0.15) is 0 Å². The standard InChI is InChI=1S/C22H16O/c23-22(14-16-8-2-1-3-9-16)21-15-17-10-4-5-11-18(17)19-12-6-7-13-20(19)21/h1-13,15H,14H2. The molecule has 1 heteroatoms. The second-order valence-corrected chi connectivity index (χ2v) is 5.78. The highest BCUT2D eigenvalue weighted by atomic mass is 16.1. The Morgan fingerprint density at radius 2 is 1.26 bits per heavy atom. The second-order valence-electron chi connectivity index (χ2n) is 5.78. The zero-order valence-corrected chi connectivity index (χ0v) is 12.7. The highest BCUT2D eigenvalue weighted by Crippen LogP contribution is 2.29.